The molecule has 0 saturated heterocycles. The Morgan fingerprint density at radius 2 is 2.17 bits per heavy atom. The van der Waals surface area contributed by atoms with Crippen molar-refractivity contribution in [3.05, 3.63) is 35.9 Å². The zero-order chi connectivity index (χ0) is 13.0. The van der Waals surface area contributed by atoms with Crippen LogP contribution in [-0.2, 0) is 10.3 Å². The first kappa shape index (κ1) is 12.9. The Morgan fingerprint density at radius 1 is 1.44 bits per heavy atom. The molecule has 2 rings (SSSR count). The Balaban J connectivity index is 2.01. The fourth-order valence-electron chi connectivity index (χ4n) is 2.00. The number of ether oxygens (including phenoxy) is 1. The second kappa shape index (κ2) is 5.40. The van der Waals surface area contributed by atoms with E-state index in [2.05, 4.69) is 41.6 Å². The highest BCUT2D eigenvalue weighted by atomic mass is 16.5. The minimum Gasteiger partial charge on any atom is -0.372 e. The van der Waals surface area contributed by atoms with Crippen LogP contribution < -0.4 is 10.6 Å². The SMILES string of the molecule is COC(C)(CNC1=NCC(C)N1)c1ccccc1. The topological polar surface area (TPSA) is 45.6 Å². The second-order valence-corrected chi connectivity index (χ2v) is 4.89. The number of methoxy groups -OCH3 is 1. The van der Waals surface area contributed by atoms with E-state index < -0.39 is 0 Å². The fraction of sp³-hybridized carbons (Fsp3) is 0.500. The van der Waals surface area contributed by atoms with Gasteiger partial charge in [0.1, 0.15) is 5.60 Å². The lowest BCUT2D eigenvalue weighted by Crippen LogP contribution is -2.45. The van der Waals surface area contributed by atoms with Crippen molar-refractivity contribution in [3.63, 3.8) is 0 Å². The number of rotatable bonds is 4. The number of aliphatic imine (C=N–C) groups is 1. The predicted octanol–water partition coefficient (Wildman–Crippen LogP) is 1.49. The molecule has 4 heteroatoms. The molecule has 1 aliphatic heterocycles. The largest absolute Gasteiger partial charge is 0.372 e. The lowest BCUT2D eigenvalue weighted by molar-refractivity contribution is 0.00619. The molecule has 1 heterocycles. The summed E-state index contributed by atoms with van der Waals surface area (Å²) in [6, 6.07) is 10.6. The van der Waals surface area contributed by atoms with Crippen molar-refractivity contribution in [2.24, 2.45) is 4.99 Å². The highest BCUT2D eigenvalue weighted by molar-refractivity contribution is 5.81. The van der Waals surface area contributed by atoms with Gasteiger partial charge < -0.3 is 15.4 Å². The molecule has 18 heavy (non-hydrogen) atoms. The molecule has 2 unspecified atom stereocenters. The summed E-state index contributed by atoms with van der Waals surface area (Å²) in [5, 5.41) is 6.60. The smallest absolute Gasteiger partial charge is 0.191 e. The van der Waals surface area contributed by atoms with Gasteiger partial charge in [-0.2, -0.15) is 0 Å². The molecule has 0 bridgehead atoms. The first-order valence-electron chi connectivity index (χ1n) is 6.29. The molecule has 98 valence electrons. The minimum absolute atomic E-state index is 0.350. The zero-order valence-corrected chi connectivity index (χ0v) is 11.2. The van der Waals surface area contributed by atoms with Crippen LogP contribution in [0.2, 0.25) is 0 Å². The summed E-state index contributed by atoms with van der Waals surface area (Å²) >= 11 is 0. The summed E-state index contributed by atoms with van der Waals surface area (Å²) in [4.78, 5) is 4.39. The van der Waals surface area contributed by atoms with Crippen LogP contribution in [0.5, 0.6) is 0 Å². The van der Waals surface area contributed by atoms with Gasteiger partial charge in [0.2, 0.25) is 0 Å². The van der Waals surface area contributed by atoms with E-state index in [1.165, 1.54) is 0 Å². The van der Waals surface area contributed by atoms with Crippen molar-refractivity contribution in [2.45, 2.75) is 25.5 Å². The maximum Gasteiger partial charge on any atom is 0.191 e. The number of hydrogen-bond donors (Lipinski definition) is 2. The van der Waals surface area contributed by atoms with Crippen LogP contribution in [0.4, 0.5) is 0 Å². The van der Waals surface area contributed by atoms with Gasteiger partial charge in [0.15, 0.2) is 5.96 Å². The second-order valence-electron chi connectivity index (χ2n) is 4.89. The third-order valence-corrected chi connectivity index (χ3v) is 3.33. The van der Waals surface area contributed by atoms with Gasteiger partial charge in [-0.25, -0.2) is 0 Å². The first-order chi connectivity index (χ1) is 8.64. The monoisotopic (exact) mass is 247 g/mol. The molecule has 1 aromatic carbocycles. The van der Waals surface area contributed by atoms with Gasteiger partial charge in [-0.05, 0) is 19.4 Å². The normalized spacial score (nSPS) is 21.9. The molecule has 0 aliphatic carbocycles. The van der Waals surface area contributed by atoms with E-state index in [9.17, 15) is 0 Å². The molecule has 0 aromatic heterocycles. The van der Waals surface area contributed by atoms with Gasteiger partial charge >= 0.3 is 0 Å². The van der Waals surface area contributed by atoms with Gasteiger partial charge in [-0.3, -0.25) is 4.99 Å². The van der Waals surface area contributed by atoms with Gasteiger partial charge in [0.05, 0.1) is 13.1 Å². The van der Waals surface area contributed by atoms with Gasteiger partial charge in [0.25, 0.3) is 0 Å². The summed E-state index contributed by atoms with van der Waals surface area (Å²) in [7, 11) is 1.74. The van der Waals surface area contributed by atoms with Crippen molar-refractivity contribution in [1.29, 1.82) is 0 Å². The van der Waals surface area contributed by atoms with Gasteiger partial charge in [-0.1, -0.05) is 30.3 Å². The van der Waals surface area contributed by atoms with Crippen LogP contribution in [0.15, 0.2) is 35.3 Å². The number of benzene rings is 1. The lowest BCUT2D eigenvalue weighted by atomic mass is 9.96. The Morgan fingerprint density at radius 3 is 2.72 bits per heavy atom. The molecule has 0 fully saturated rings. The van der Waals surface area contributed by atoms with Crippen LogP contribution in [0.25, 0.3) is 0 Å². The van der Waals surface area contributed by atoms with Crippen LogP contribution in [0.1, 0.15) is 19.4 Å². The van der Waals surface area contributed by atoms with Crippen LogP contribution in [0.3, 0.4) is 0 Å². The van der Waals surface area contributed by atoms with Crippen molar-refractivity contribution >= 4 is 5.96 Å². The van der Waals surface area contributed by atoms with Crippen molar-refractivity contribution in [2.75, 3.05) is 20.2 Å². The number of nitrogens with zero attached hydrogens (tertiary/aromatic N) is 1. The van der Waals surface area contributed by atoms with E-state index >= 15 is 0 Å². The zero-order valence-electron chi connectivity index (χ0n) is 11.2. The molecule has 4 nitrogen and oxygen atoms in total. The van der Waals surface area contributed by atoms with Gasteiger partial charge in [0, 0.05) is 13.2 Å². The first-order valence-corrected chi connectivity index (χ1v) is 6.29. The Kier molecular flexibility index (Phi) is 3.87. The average Bonchev–Trinajstić information content (AvgIpc) is 2.83. The van der Waals surface area contributed by atoms with Gasteiger partial charge in [-0.15, -0.1) is 0 Å². The molecular formula is C14H21N3O. The molecule has 1 aliphatic rings. The van der Waals surface area contributed by atoms with Crippen LogP contribution >= 0.6 is 0 Å². The maximum absolute atomic E-state index is 5.67. The summed E-state index contributed by atoms with van der Waals surface area (Å²) in [5.74, 6) is 0.863. The Hall–Kier alpha value is -1.55. The molecule has 2 N–H and O–H groups in total. The molecule has 0 radical (unpaired) electrons. The van der Waals surface area contributed by atoms with Crippen LogP contribution in [-0.4, -0.2) is 32.2 Å². The summed E-state index contributed by atoms with van der Waals surface area (Å²) in [6.07, 6.45) is 0. The highest BCUT2D eigenvalue weighted by Crippen LogP contribution is 2.23. The van der Waals surface area contributed by atoms with E-state index in [1.54, 1.807) is 7.11 Å². The summed E-state index contributed by atoms with van der Waals surface area (Å²) in [6.45, 7) is 5.71. The molecule has 0 amide bonds. The third kappa shape index (κ3) is 2.82. The average molecular weight is 247 g/mol. The molecule has 0 saturated carbocycles. The molecular weight excluding hydrogens is 226 g/mol. The van der Waals surface area contributed by atoms with Crippen molar-refractivity contribution in [3.8, 4) is 0 Å². The van der Waals surface area contributed by atoms with E-state index in [0.29, 0.717) is 12.6 Å². The highest BCUT2D eigenvalue weighted by Gasteiger charge is 2.26. The van der Waals surface area contributed by atoms with E-state index in [0.717, 1.165) is 18.1 Å². The quantitative estimate of drug-likeness (QED) is 0.847. The molecule has 1 aromatic rings. The fourth-order valence-corrected chi connectivity index (χ4v) is 2.00. The standard InChI is InChI=1S/C14H21N3O/c1-11-9-15-13(17-11)16-10-14(2,18-3)12-7-5-4-6-8-12/h4-8,11H,9-10H2,1-3H3,(H2,15,16,17). The summed E-state index contributed by atoms with van der Waals surface area (Å²) < 4.78 is 5.67. The minimum atomic E-state index is -0.350. The lowest BCUT2D eigenvalue weighted by Gasteiger charge is -2.29. The van der Waals surface area contributed by atoms with Crippen molar-refractivity contribution < 1.29 is 4.74 Å². The maximum atomic E-state index is 5.67. The number of guanidine groups is 1. The number of nitrogens with one attached hydrogen (secondary N) is 2. The number of hydrogen-bond acceptors (Lipinski definition) is 4. The van der Waals surface area contributed by atoms with Crippen LogP contribution in [0, 0.1) is 0 Å². The molecule has 0 spiro atoms. The Labute approximate surface area is 108 Å². The summed E-state index contributed by atoms with van der Waals surface area (Å²) in [5.41, 5.74) is 0.809. The van der Waals surface area contributed by atoms with Crippen molar-refractivity contribution in [1.82, 2.24) is 10.6 Å². The van der Waals surface area contributed by atoms with E-state index in [1.807, 2.05) is 18.2 Å². The van der Waals surface area contributed by atoms with E-state index in [4.69, 9.17) is 4.74 Å². The molecule has 2 atom stereocenters. The predicted molar refractivity (Wildman–Crippen MR) is 73.7 cm³/mol. The van der Waals surface area contributed by atoms with E-state index in [-0.39, 0.29) is 5.60 Å². The Bertz CT molecular complexity index is 418. The third-order valence-electron chi connectivity index (χ3n) is 3.33.